The maximum absolute atomic E-state index is 12.6. The monoisotopic (exact) mass is 315 g/mol. The highest BCUT2D eigenvalue weighted by molar-refractivity contribution is 7.16. The van der Waals surface area contributed by atoms with Gasteiger partial charge in [-0.05, 0) is 30.9 Å². The molecule has 0 atom stereocenters. The zero-order valence-electron chi connectivity index (χ0n) is 11.5. The number of rotatable bonds is 4. The molecule has 1 aromatic heterocycles. The van der Waals surface area contributed by atoms with Crippen molar-refractivity contribution in [3.05, 3.63) is 21.3 Å². The van der Waals surface area contributed by atoms with Crippen LogP contribution < -0.4 is 5.73 Å². The number of nitrogens with two attached hydrogens (primary N) is 1. The number of hydrogen-bond donors (Lipinski definition) is 2. The minimum absolute atomic E-state index is 0.0108. The van der Waals surface area contributed by atoms with Crippen LogP contribution in [-0.2, 0) is 11.3 Å². The van der Waals surface area contributed by atoms with Crippen molar-refractivity contribution < 1.29 is 10.0 Å². The number of oxime groups is 1. The Kier molecular flexibility index (Phi) is 4.25. The van der Waals surface area contributed by atoms with Crippen molar-refractivity contribution in [3.8, 4) is 0 Å². The summed E-state index contributed by atoms with van der Waals surface area (Å²) in [7, 11) is 1.73. The first kappa shape index (κ1) is 15.1. The van der Waals surface area contributed by atoms with Crippen LogP contribution in [0.2, 0.25) is 4.34 Å². The minimum Gasteiger partial charge on any atom is -0.409 e. The molecule has 1 heterocycles. The molecule has 1 fully saturated rings. The summed E-state index contributed by atoms with van der Waals surface area (Å²) in [4.78, 5) is 15.3. The predicted molar refractivity (Wildman–Crippen MR) is 80.0 cm³/mol. The van der Waals surface area contributed by atoms with E-state index in [1.807, 2.05) is 12.1 Å². The largest absolute Gasteiger partial charge is 0.409 e. The van der Waals surface area contributed by atoms with Crippen LogP contribution >= 0.6 is 22.9 Å². The topological polar surface area (TPSA) is 78.9 Å². The number of amides is 1. The van der Waals surface area contributed by atoms with E-state index in [2.05, 4.69) is 12.1 Å². The number of carbonyl (C=O) groups excluding carboxylic acids is 1. The summed E-state index contributed by atoms with van der Waals surface area (Å²) in [5.74, 6) is 0.316. The molecule has 0 aromatic carbocycles. The number of carbonyl (C=O) groups is 1. The van der Waals surface area contributed by atoms with Crippen molar-refractivity contribution in [1.82, 2.24) is 4.90 Å². The average molecular weight is 316 g/mol. The zero-order valence-corrected chi connectivity index (χ0v) is 13.0. The molecule has 1 aliphatic rings. The van der Waals surface area contributed by atoms with Gasteiger partial charge < -0.3 is 15.8 Å². The standard InChI is InChI=1S/C13H18ClN3O2S/c1-8-5-13(6-8,11(15)16-19)12(18)17(2)7-9-3-4-10(14)20-9/h3-4,8,19H,5-7H2,1-2H3,(H2,15,16). The molecule has 0 spiro atoms. The number of hydrogen-bond acceptors (Lipinski definition) is 4. The Morgan fingerprint density at radius 1 is 1.65 bits per heavy atom. The molecule has 0 bridgehead atoms. The minimum atomic E-state index is -0.843. The molecular formula is C13H18ClN3O2S. The first-order valence-corrected chi connectivity index (χ1v) is 7.56. The first-order chi connectivity index (χ1) is 9.39. The third kappa shape index (κ3) is 2.62. The summed E-state index contributed by atoms with van der Waals surface area (Å²) < 4.78 is 0.698. The SMILES string of the molecule is CC1CC(C(=O)N(C)Cc2ccc(Cl)s2)(/C(N)=N/O)C1. The van der Waals surface area contributed by atoms with Crippen LogP contribution in [-0.4, -0.2) is 28.9 Å². The van der Waals surface area contributed by atoms with E-state index in [4.69, 9.17) is 22.5 Å². The fraction of sp³-hybridized carbons (Fsp3) is 0.538. The van der Waals surface area contributed by atoms with Crippen molar-refractivity contribution in [2.45, 2.75) is 26.3 Å². The molecule has 1 saturated carbocycles. The van der Waals surface area contributed by atoms with Crippen LogP contribution in [0.5, 0.6) is 0 Å². The van der Waals surface area contributed by atoms with Crippen molar-refractivity contribution in [1.29, 1.82) is 0 Å². The molecule has 0 radical (unpaired) electrons. The second-order valence-electron chi connectivity index (χ2n) is 5.45. The van der Waals surface area contributed by atoms with Gasteiger partial charge in [-0.15, -0.1) is 11.3 Å². The maximum Gasteiger partial charge on any atom is 0.236 e. The van der Waals surface area contributed by atoms with Crippen LogP contribution in [0.25, 0.3) is 0 Å². The molecule has 1 amide bonds. The third-order valence-electron chi connectivity index (χ3n) is 3.77. The Morgan fingerprint density at radius 2 is 2.30 bits per heavy atom. The highest BCUT2D eigenvalue weighted by atomic mass is 35.5. The molecule has 3 N–H and O–H groups in total. The lowest BCUT2D eigenvalue weighted by Gasteiger charge is -2.45. The molecular weight excluding hydrogens is 298 g/mol. The van der Waals surface area contributed by atoms with Crippen LogP contribution in [0.15, 0.2) is 17.3 Å². The Bertz CT molecular complexity index is 537. The van der Waals surface area contributed by atoms with Crippen molar-refractivity contribution >= 4 is 34.7 Å². The second kappa shape index (κ2) is 5.61. The number of amidine groups is 1. The number of nitrogens with zero attached hydrogens (tertiary/aromatic N) is 2. The van der Waals surface area contributed by atoms with E-state index in [0.717, 1.165) is 4.88 Å². The quantitative estimate of drug-likeness (QED) is 0.388. The van der Waals surface area contributed by atoms with Gasteiger partial charge in [-0.25, -0.2) is 0 Å². The lowest BCUT2D eigenvalue weighted by Crippen LogP contribution is -2.56. The fourth-order valence-corrected chi connectivity index (χ4v) is 3.97. The lowest BCUT2D eigenvalue weighted by molar-refractivity contribution is -0.143. The van der Waals surface area contributed by atoms with Gasteiger partial charge in [0.1, 0.15) is 5.41 Å². The van der Waals surface area contributed by atoms with Gasteiger partial charge >= 0.3 is 0 Å². The molecule has 0 saturated heterocycles. The summed E-state index contributed by atoms with van der Waals surface area (Å²) in [6.07, 6.45) is 1.24. The predicted octanol–water partition coefficient (Wildman–Crippen LogP) is 2.52. The lowest BCUT2D eigenvalue weighted by atomic mass is 9.61. The Hall–Kier alpha value is -1.27. The zero-order chi connectivity index (χ0) is 14.9. The summed E-state index contributed by atoms with van der Waals surface area (Å²) in [5.41, 5.74) is 4.90. The third-order valence-corrected chi connectivity index (χ3v) is 4.99. The van der Waals surface area contributed by atoms with Gasteiger partial charge in [0.25, 0.3) is 0 Å². The van der Waals surface area contributed by atoms with Crippen LogP contribution in [0.4, 0.5) is 0 Å². The number of thiophene rings is 1. The van der Waals surface area contributed by atoms with Crippen LogP contribution in [0.1, 0.15) is 24.6 Å². The van der Waals surface area contributed by atoms with Gasteiger partial charge in [0, 0.05) is 11.9 Å². The van der Waals surface area contributed by atoms with E-state index in [1.165, 1.54) is 11.3 Å². The van der Waals surface area contributed by atoms with Crippen molar-refractivity contribution in [3.63, 3.8) is 0 Å². The molecule has 5 nitrogen and oxygen atoms in total. The smallest absolute Gasteiger partial charge is 0.236 e. The summed E-state index contributed by atoms with van der Waals surface area (Å²) in [6.45, 7) is 2.53. The van der Waals surface area contributed by atoms with E-state index in [-0.39, 0.29) is 11.7 Å². The van der Waals surface area contributed by atoms with Gasteiger partial charge in [-0.1, -0.05) is 23.7 Å². The van der Waals surface area contributed by atoms with Gasteiger partial charge in [-0.2, -0.15) is 0 Å². The highest BCUT2D eigenvalue weighted by Crippen LogP contribution is 2.47. The number of halogens is 1. The average Bonchev–Trinajstić information content (AvgIpc) is 2.78. The first-order valence-electron chi connectivity index (χ1n) is 6.37. The van der Waals surface area contributed by atoms with Gasteiger partial charge in [0.05, 0.1) is 10.9 Å². The summed E-state index contributed by atoms with van der Waals surface area (Å²) in [5, 5.41) is 12.0. The Labute approximate surface area is 127 Å². The van der Waals surface area contributed by atoms with Crippen LogP contribution in [0, 0.1) is 11.3 Å². The van der Waals surface area contributed by atoms with Gasteiger partial charge in [0.15, 0.2) is 5.84 Å². The molecule has 0 aliphatic heterocycles. The van der Waals surface area contributed by atoms with Gasteiger partial charge in [0.2, 0.25) is 5.91 Å². The molecule has 0 unspecified atom stereocenters. The van der Waals surface area contributed by atoms with E-state index in [0.29, 0.717) is 29.6 Å². The van der Waals surface area contributed by atoms with Crippen LogP contribution in [0.3, 0.4) is 0 Å². The van der Waals surface area contributed by atoms with Crippen molar-refractivity contribution in [2.24, 2.45) is 22.2 Å². The molecule has 2 rings (SSSR count). The second-order valence-corrected chi connectivity index (χ2v) is 7.25. The normalized spacial score (nSPS) is 26.1. The Morgan fingerprint density at radius 3 is 2.75 bits per heavy atom. The van der Waals surface area contributed by atoms with E-state index in [1.54, 1.807) is 11.9 Å². The van der Waals surface area contributed by atoms with Crippen molar-refractivity contribution in [2.75, 3.05) is 7.05 Å². The fourth-order valence-electron chi connectivity index (χ4n) is 2.83. The maximum atomic E-state index is 12.6. The molecule has 7 heteroatoms. The molecule has 1 aromatic rings. The molecule has 1 aliphatic carbocycles. The molecule has 110 valence electrons. The van der Waals surface area contributed by atoms with Gasteiger partial charge in [-0.3, -0.25) is 4.79 Å². The Balaban J connectivity index is 2.12. The van der Waals surface area contributed by atoms with E-state index in [9.17, 15) is 4.79 Å². The van der Waals surface area contributed by atoms with E-state index < -0.39 is 5.41 Å². The molecule has 20 heavy (non-hydrogen) atoms. The highest BCUT2D eigenvalue weighted by Gasteiger charge is 2.53. The summed E-state index contributed by atoms with van der Waals surface area (Å²) in [6, 6.07) is 3.71. The van der Waals surface area contributed by atoms with E-state index >= 15 is 0 Å². The summed E-state index contributed by atoms with van der Waals surface area (Å²) >= 11 is 7.33.